The van der Waals surface area contributed by atoms with Gasteiger partial charge in [-0.25, -0.2) is 8.42 Å². The Kier molecular flexibility index (Phi) is 2.37. The third kappa shape index (κ3) is 2.91. The van der Waals surface area contributed by atoms with E-state index >= 15 is 0 Å². The van der Waals surface area contributed by atoms with E-state index in [4.69, 9.17) is 5.73 Å². The fourth-order valence-electron chi connectivity index (χ4n) is 0.736. The highest BCUT2D eigenvalue weighted by atomic mass is 32.2. The molecule has 0 spiro atoms. The first kappa shape index (κ1) is 9.05. The fourth-order valence-corrected chi connectivity index (χ4v) is 1.32. The van der Waals surface area contributed by atoms with Crippen molar-refractivity contribution in [2.24, 2.45) is 0 Å². The lowest BCUT2D eigenvalue weighted by Crippen LogP contribution is -2.05. The van der Waals surface area contributed by atoms with E-state index in [1.54, 1.807) is 0 Å². The molecule has 1 aromatic heterocycles. The van der Waals surface area contributed by atoms with Gasteiger partial charge in [-0.15, -0.1) is 0 Å². The maximum atomic E-state index is 10.7. The molecule has 0 bridgehead atoms. The van der Waals surface area contributed by atoms with E-state index in [0.717, 1.165) is 0 Å². The summed E-state index contributed by atoms with van der Waals surface area (Å²) in [5.74, 6) is 0.275. The van der Waals surface area contributed by atoms with Crippen LogP contribution in [-0.2, 0) is 16.3 Å². The topological polar surface area (TPSA) is 86.2 Å². The maximum absolute atomic E-state index is 10.7. The summed E-state index contributed by atoms with van der Waals surface area (Å²) in [6, 6.07) is 1.52. The van der Waals surface area contributed by atoms with E-state index in [9.17, 15) is 8.42 Å². The van der Waals surface area contributed by atoms with Gasteiger partial charge in [-0.1, -0.05) is 5.16 Å². The number of aromatic nitrogens is 1. The van der Waals surface area contributed by atoms with Crippen LogP contribution in [0.25, 0.3) is 0 Å². The number of nitrogens with two attached hydrogens (primary N) is 1. The second-order valence-electron chi connectivity index (χ2n) is 2.60. The first-order valence-electron chi connectivity index (χ1n) is 3.36. The van der Waals surface area contributed by atoms with E-state index in [1.807, 2.05) is 0 Å². The minimum absolute atomic E-state index is 0.0684. The van der Waals surface area contributed by atoms with Gasteiger partial charge in [0.15, 0.2) is 0 Å². The zero-order valence-electron chi connectivity index (χ0n) is 6.65. The van der Waals surface area contributed by atoms with Crippen LogP contribution in [0.4, 0.5) is 5.88 Å². The van der Waals surface area contributed by atoms with Crippen LogP contribution in [0.15, 0.2) is 10.6 Å². The summed E-state index contributed by atoms with van der Waals surface area (Å²) in [5.41, 5.74) is 5.81. The summed E-state index contributed by atoms with van der Waals surface area (Å²) in [5, 5.41) is 3.55. The van der Waals surface area contributed by atoms with Gasteiger partial charge < -0.3 is 10.3 Å². The van der Waals surface area contributed by atoms with Crippen molar-refractivity contribution in [3.63, 3.8) is 0 Å². The van der Waals surface area contributed by atoms with Crippen LogP contribution < -0.4 is 5.73 Å². The van der Waals surface area contributed by atoms with Crippen molar-refractivity contribution >= 4 is 15.7 Å². The van der Waals surface area contributed by atoms with Gasteiger partial charge in [0, 0.05) is 18.7 Å². The van der Waals surface area contributed by atoms with Crippen LogP contribution in [0.2, 0.25) is 0 Å². The van der Waals surface area contributed by atoms with Gasteiger partial charge in [0.25, 0.3) is 0 Å². The molecule has 6 heteroatoms. The lowest BCUT2D eigenvalue weighted by Gasteiger charge is -1.92. The Morgan fingerprint density at radius 1 is 1.67 bits per heavy atom. The van der Waals surface area contributed by atoms with E-state index in [0.29, 0.717) is 12.1 Å². The van der Waals surface area contributed by atoms with Gasteiger partial charge in [0.2, 0.25) is 5.88 Å². The van der Waals surface area contributed by atoms with E-state index in [1.165, 1.54) is 12.3 Å². The number of sulfone groups is 1. The first-order chi connectivity index (χ1) is 5.47. The Morgan fingerprint density at radius 3 is 2.75 bits per heavy atom. The smallest absolute Gasteiger partial charge is 0.222 e. The molecule has 0 unspecified atom stereocenters. The molecule has 0 fully saturated rings. The van der Waals surface area contributed by atoms with E-state index < -0.39 is 9.84 Å². The summed E-state index contributed by atoms with van der Waals surface area (Å²) in [4.78, 5) is 0. The summed E-state index contributed by atoms with van der Waals surface area (Å²) in [6.07, 6.45) is 1.52. The molecular weight excluding hydrogens is 180 g/mol. The zero-order chi connectivity index (χ0) is 9.19. The number of aryl methyl sites for hydroxylation is 1. The molecule has 5 nitrogen and oxygen atoms in total. The van der Waals surface area contributed by atoms with Crippen LogP contribution in [0.5, 0.6) is 0 Å². The highest BCUT2D eigenvalue weighted by Crippen LogP contribution is 2.05. The lowest BCUT2D eigenvalue weighted by molar-refractivity contribution is 0.428. The Balaban J connectivity index is 2.55. The van der Waals surface area contributed by atoms with Gasteiger partial charge in [-0.3, -0.25) is 0 Å². The molecule has 0 saturated carbocycles. The van der Waals surface area contributed by atoms with Gasteiger partial charge in [0.1, 0.15) is 9.84 Å². The molecule has 2 N–H and O–H groups in total. The highest BCUT2D eigenvalue weighted by Gasteiger charge is 2.06. The molecule has 1 aromatic rings. The molecule has 68 valence electrons. The second kappa shape index (κ2) is 3.14. The fraction of sp³-hybridized carbons (Fsp3) is 0.500. The molecule has 0 aromatic carbocycles. The third-order valence-electron chi connectivity index (χ3n) is 1.31. The summed E-state index contributed by atoms with van der Waals surface area (Å²) in [6.45, 7) is 0. The molecular formula is C6H10N2O3S. The zero-order valence-corrected chi connectivity index (χ0v) is 7.47. The predicted molar refractivity (Wildman–Crippen MR) is 44.3 cm³/mol. The van der Waals surface area contributed by atoms with Gasteiger partial charge in [0.05, 0.1) is 11.4 Å². The summed E-state index contributed by atoms with van der Waals surface area (Å²) in [7, 11) is -2.94. The second-order valence-corrected chi connectivity index (χ2v) is 4.86. The van der Waals surface area contributed by atoms with Crippen LogP contribution in [0, 0.1) is 0 Å². The predicted octanol–water partition coefficient (Wildman–Crippen LogP) is -0.156. The van der Waals surface area contributed by atoms with Crippen molar-refractivity contribution < 1.29 is 12.9 Å². The summed E-state index contributed by atoms with van der Waals surface area (Å²) < 4.78 is 26.0. The normalized spacial score (nSPS) is 11.8. The largest absolute Gasteiger partial charge is 0.368 e. The molecule has 0 radical (unpaired) electrons. The number of hydrogen-bond donors (Lipinski definition) is 1. The molecule has 0 amide bonds. The van der Waals surface area contributed by atoms with Crippen molar-refractivity contribution in [3.05, 3.63) is 11.8 Å². The van der Waals surface area contributed by atoms with E-state index in [-0.39, 0.29) is 11.6 Å². The van der Waals surface area contributed by atoms with Gasteiger partial charge >= 0.3 is 0 Å². The quantitative estimate of drug-likeness (QED) is 0.716. The van der Waals surface area contributed by atoms with Crippen molar-refractivity contribution in [2.75, 3.05) is 17.7 Å². The van der Waals surface area contributed by atoms with Crippen molar-refractivity contribution in [1.29, 1.82) is 0 Å². The summed E-state index contributed by atoms with van der Waals surface area (Å²) >= 11 is 0. The van der Waals surface area contributed by atoms with E-state index in [2.05, 4.69) is 9.68 Å². The Hall–Kier alpha value is -1.04. The molecule has 1 heterocycles. The van der Waals surface area contributed by atoms with Crippen LogP contribution >= 0.6 is 0 Å². The molecule has 12 heavy (non-hydrogen) atoms. The standard InChI is InChI=1S/C6H10N2O3S/c1-12(9,10)3-2-5-4-6(7)11-8-5/h4H,2-3,7H2,1H3. The Morgan fingerprint density at radius 2 is 2.33 bits per heavy atom. The molecule has 0 aliphatic heterocycles. The van der Waals surface area contributed by atoms with Crippen LogP contribution in [0.3, 0.4) is 0 Å². The minimum Gasteiger partial charge on any atom is -0.368 e. The van der Waals surface area contributed by atoms with Crippen molar-refractivity contribution in [1.82, 2.24) is 5.16 Å². The number of nitrogen functional groups attached to an aromatic ring is 1. The average Bonchev–Trinajstić information content (AvgIpc) is 2.30. The van der Waals surface area contributed by atoms with Crippen LogP contribution in [-0.4, -0.2) is 25.6 Å². The molecule has 1 rings (SSSR count). The van der Waals surface area contributed by atoms with Crippen molar-refractivity contribution in [3.8, 4) is 0 Å². The third-order valence-corrected chi connectivity index (χ3v) is 2.25. The van der Waals surface area contributed by atoms with Gasteiger partial charge in [-0.05, 0) is 0 Å². The average molecular weight is 190 g/mol. The molecule has 0 saturated heterocycles. The number of hydrogen-bond acceptors (Lipinski definition) is 5. The monoisotopic (exact) mass is 190 g/mol. The first-order valence-corrected chi connectivity index (χ1v) is 5.42. The van der Waals surface area contributed by atoms with Gasteiger partial charge in [-0.2, -0.15) is 0 Å². The number of rotatable bonds is 3. The Labute approximate surface area is 70.5 Å². The van der Waals surface area contributed by atoms with Crippen molar-refractivity contribution in [2.45, 2.75) is 6.42 Å². The minimum atomic E-state index is -2.94. The molecule has 0 aliphatic rings. The van der Waals surface area contributed by atoms with Crippen LogP contribution in [0.1, 0.15) is 5.69 Å². The number of anilines is 1. The molecule has 0 aliphatic carbocycles. The molecule has 0 atom stereocenters. The highest BCUT2D eigenvalue weighted by molar-refractivity contribution is 7.90. The lowest BCUT2D eigenvalue weighted by atomic mass is 10.3. The SMILES string of the molecule is CS(=O)(=O)CCc1cc(N)on1. The number of nitrogens with zero attached hydrogens (tertiary/aromatic N) is 1. The Bertz CT molecular complexity index is 355. The maximum Gasteiger partial charge on any atom is 0.222 e.